The molecule has 0 saturated carbocycles. The summed E-state index contributed by atoms with van der Waals surface area (Å²) in [5.41, 5.74) is 0.388. The van der Waals surface area contributed by atoms with Crippen molar-refractivity contribution in [3.8, 4) is 11.5 Å². The first-order valence-corrected chi connectivity index (χ1v) is 5.27. The SMILES string of the molecule is O=C(CO)c1ccccc1Oc1ccccc1. The second-order valence-electron chi connectivity index (χ2n) is 3.49. The molecule has 86 valence electrons. The standard InChI is InChI=1S/C14H12O3/c15-10-13(16)12-8-4-5-9-14(12)17-11-6-2-1-3-7-11/h1-9,15H,10H2. The Labute approximate surface area is 99.3 Å². The quantitative estimate of drug-likeness (QED) is 0.818. The zero-order valence-electron chi connectivity index (χ0n) is 9.17. The fraction of sp³-hybridized carbons (Fsp3) is 0.0714. The Bertz CT molecular complexity index is 506. The van der Waals surface area contributed by atoms with Crippen molar-refractivity contribution >= 4 is 5.78 Å². The maximum absolute atomic E-state index is 11.5. The third-order valence-corrected chi connectivity index (χ3v) is 2.30. The number of para-hydroxylation sites is 2. The Kier molecular flexibility index (Phi) is 3.52. The number of rotatable bonds is 4. The van der Waals surface area contributed by atoms with Crippen molar-refractivity contribution in [3.05, 3.63) is 60.2 Å². The maximum atomic E-state index is 11.5. The first-order chi connectivity index (χ1) is 8.31. The van der Waals surface area contributed by atoms with Crippen LogP contribution < -0.4 is 4.74 Å². The summed E-state index contributed by atoms with van der Waals surface area (Å²) < 4.78 is 5.60. The minimum atomic E-state index is -0.519. The largest absolute Gasteiger partial charge is 0.457 e. The van der Waals surface area contributed by atoms with Crippen molar-refractivity contribution in [2.45, 2.75) is 0 Å². The zero-order valence-corrected chi connectivity index (χ0v) is 9.17. The number of ketones is 1. The molecule has 3 nitrogen and oxygen atoms in total. The molecule has 0 atom stereocenters. The van der Waals surface area contributed by atoms with Gasteiger partial charge in [-0.1, -0.05) is 30.3 Å². The van der Waals surface area contributed by atoms with E-state index in [9.17, 15) is 4.79 Å². The summed E-state index contributed by atoms with van der Waals surface area (Å²) in [4.78, 5) is 11.5. The average Bonchev–Trinajstić information content (AvgIpc) is 2.40. The van der Waals surface area contributed by atoms with Crippen LogP contribution in [0, 0.1) is 0 Å². The van der Waals surface area contributed by atoms with Gasteiger partial charge in [0.15, 0.2) is 5.78 Å². The molecule has 0 amide bonds. The average molecular weight is 228 g/mol. The van der Waals surface area contributed by atoms with E-state index in [1.165, 1.54) is 0 Å². The van der Waals surface area contributed by atoms with Crippen molar-refractivity contribution in [3.63, 3.8) is 0 Å². The Morgan fingerprint density at radius 2 is 1.65 bits per heavy atom. The fourth-order valence-electron chi connectivity index (χ4n) is 1.49. The normalized spacial score (nSPS) is 9.94. The summed E-state index contributed by atoms with van der Waals surface area (Å²) in [5.74, 6) is 0.764. The van der Waals surface area contributed by atoms with E-state index in [4.69, 9.17) is 9.84 Å². The van der Waals surface area contributed by atoms with Gasteiger partial charge in [-0.2, -0.15) is 0 Å². The van der Waals surface area contributed by atoms with Crippen LogP contribution in [-0.2, 0) is 0 Å². The number of hydrogen-bond donors (Lipinski definition) is 1. The highest BCUT2D eigenvalue weighted by Gasteiger charge is 2.11. The Balaban J connectivity index is 2.30. The van der Waals surface area contributed by atoms with Gasteiger partial charge in [-0.25, -0.2) is 0 Å². The van der Waals surface area contributed by atoms with Gasteiger partial charge in [-0.15, -0.1) is 0 Å². The molecule has 0 heterocycles. The summed E-state index contributed by atoms with van der Waals surface area (Å²) >= 11 is 0. The van der Waals surface area contributed by atoms with Crippen LogP contribution in [0.5, 0.6) is 11.5 Å². The minimum absolute atomic E-state index is 0.350. The predicted molar refractivity (Wildman–Crippen MR) is 64.4 cm³/mol. The lowest BCUT2D eigenvalue weighted by Crippen LogP contribution is -2.05. The van der Waals surface area contributed by atoms with Gasteiger partial charge in [-0.3, -0.25) is 4.79 Å². The molecular weight excluding hydrogens is 216 g/mol. The molecular formula is C14H12O3. The lowest BCUT2D eigenvalue weighted by atomic mass is 10.1. The van der Waals surface area contributed by atoms with Crippen LogP contribution in [0.1, 0.15) is 10.4 Å². The summed E-state index contributed by atoms with van der Waals surface area (Å²) in [5, 5.41) is 8.87. The van der Waals surface area contributed by atoms with Gasteiger partial charge in [0.25, 0.3) is 0 Å². The number of carbonyl (C=O) groups is 1. The second kappa shape index (κ2) is 5.27. The second-order valence-corrected chi connectivity index (χ2v) is 3.49. The molecule has 0 aliphatic carbocycles. The zero-order chi connectivity index (χ0) is 12.1. The highest BCUT2D eigenvalue weighted by Crippen LogP contribution is 2.25. The molecule has 0 unspecified atom stereocenters. The molecule has 0 aromatic heterocycles. The van der Waals surface area contributed by atoms with E-state index >= 15 is 0 Å². The number of aliphatic hydroxyl groups excluding tert-OH is 1. The number of carbonyl (C=O) groups excluding carboxylic acids is 1. The van der Waals surface area contributed by atoms with Crippen LogP contribution in [0.15, 0.2) is 54.6 Å². The number of hydrogen-bond acceptors (Lipinski definition) is 3. The molecule has 0 aliphatic rings. The predicted octanol–water partition coefficient (Wildman–Crippen LogP) is 2.65. The molecule has 0 bridgehead atoms. The first-order valence-electron chi connectivity index (χ1n) is 5.27. The van der Waals surface area contributed by atoms with Gasteiger partial charge in [0.2, 0.25) is 0 Å². The molecule has 0 fully saturated rings. The van der Waals surface area contributed by atoms with Crippen molar-refractivity contribution in [2.75, 3.05) is 6.61 Å². The van der Waals surface area contributed by atoms with E-state index < -0.39 is 6.61 Å². The van der Waals surface area contributed by atoms with Crippen LogP contribution in [0.2, 0.25) is 0 Å². The molecule has 0 saturated heterocycles. The number of benzene rings is 2. The smallest absolute Gasteiger partial charge is 0.191 e. The first kappa shape index (κ1) is 11.4. The van der Waals surface area contributed by atoms with E-state index in [0.717, 1.165) is 0 Å². The molecule has 0 spiro atoms. The molecule has 0 radical (unpaired) electrons. The highest BCUT2D eigenvalue weighted by atomic mass is 16.5. The Morgan fingerprint density at radius 1 is 1.00 bits per heavy atom. The summed E-state index contributed by atoms with van der Waals surface area (Å²) in [6.45, 7) is -0.519. The van der Waals surface area contributed by atoms with Gasteiger partial charge in [0, 0.05) is 0 Å². The lowest BCUT2D eigenvalue weighted by molar-refractivity contribution is 0.0901. The van der Waals surface area contributed by atoms with Gasteiger partial charge < -0.3 is 9.84 Å². The molecule has 0 aliphatic heterocycles. The van der Waals surface area contributed by atoms with Crippen LogP contribution in [0.4, 0.5) is 0 Å². The highest BCUT2D eigenvalue weighted by molar-refractivity contribution is 5.99. The van der Waals surface area contributed by atoms with Crippen LogP contribution in [-0.4, -0.2) is 17.5 Å². The van der Waals surface area contributed by atoms with Crippen molar-refractivity contribution < 1.29 is 14.6 Å². The van der Waals surface area contributed by atoms with E-state index in [1.807, 2.05) is 18.2 Å². The topological polar surface area (TPSA) is 46.5 Å². The van der Waals surface area contributed by atoms with Crippen molar-refractivity contribution in [1.29, 1.82) is 0 Å². The molecule has 1 N–H and O–H groups in total. The van der Waals surface area contributed by atoms with E-state index in [2.05, 4.69) is 0 Å². The Morgan fingerprint density at radius 3 is 2.35 bits per heavy atom. The lowest BCUT2D eigenvalue weighted by Gasteiger charge is -2.09. The molecule has 2 aromatic carbocycles. The van der Waals surface area contributed by atoms with Gasteiger partial charge in [0.1, 0.15) is 18.1 Å². The molecule has 3 heteroatoms. The number of ether oxygens (including phenoxy) is 1. The van der Waals surface area contributed by atoms with Crippen LogP contribution in [0.25, 0.3) is 0 Å². The molecule has 2 rings (SSSR count). The minimum Gasteiger partial charge on any atom is -0.457 e. The monoisotopic (exact) mass is 228 g/mol. The van der Waals surface area contributed by atoms with Gasteiger partial charge in [-0.05, 0) is 24.3 Å². The number of aliphatic hydroxyl groups is 1. The third-order valence-electron chi connectivity index (χ3n) is 2.30. The van der Waals surface area contributed by atoms with E-state index in [1.54, 1.807) is 36.4 Å². The van der Waals surface area contributed by atoms with Crippen LogP contribution >= 0.6 is 0 Å². The molecule has 2 aromatic rings. The summed E-state index contributed by atoms with van der Waals surface area (Å²) in [7, 11) is 0. The van der Waals surface area contributed by atoms with Crippen molar-refractivity contribution in [1.82, 2.24) is 0 Å². The maximum Gasteiger partial charge on any atom is 0.191 e. The fourth-order valence-corrected chi connectivity index (χ4v) is 1.49. The summed E-state index contributed by atoms with van der Waals surface area (Å²) in [6.07, 6.45) is 0. The van der Waals surface area contributed by atoms with E-state index in [-0.39, 0.29) is 5.78 Å². The van der Waals surface area contributed by atoms with Gasteiger partial charge >= 0.3 is 0 Å². The third kappa shape index (κ3) is 2.71. The van der Waals surface area contributed by atoms with Crippen molar-refractivity contribution in [2.24, 2.45) is 0 Å². The number of Topliss-reactive ketones (excluding diaryl/α,β-unsaturated/α-hetero) is 1. The molecule has 17 heavy (non-hydrogen) atoms. The van der Waals surface area contributed by atoms with E-state index in [0.29, 0.717) is 17.1 Å². The summed E-state index contributed by atoms with van der Waals surface area (Å²) in [6, 6.07) is 16.1. The Hall–Kier alpha value is -2.13. The van der Waals surface area contributed by atoms with Gasteiger partial charge in [0.05, 0.1) is 5.56 Å². The van der Waals surface area contributed by atoms with Crippen LogP contribution in [0.3, 0.4) is 0 Å².